The van der Waals surface area contributed by atoms with Crippen LogP contribution in [0.1, 0.15) is 42.4 Å². The summed E-state index contributed by atoms with van der Waals surface area (Å²) in [7, 11) is 1.71. The molecule has 17 heavy (non-hydrogen) atoms. The summed E-state index contributed by atoms with van der Waals surface area (Å²) in [6.45, 7) is 10.1. The maximum absolute atomic E-state index is 6.33. The van der Waals surface area contributed by atoms with Crippen molar-refractivity contribution in [3.8, 4) is 5.75 Å². The average molecular weight is 253 g/mol. The Bertz CT molecular complexity index is 410. The van der Waals surface area contributed by atoms with E-state index in [2.05, 4.69) is 20.4 Å². The minimum absolute atomic E-state index is 0.431. The molecule has 0 saturated heterocycles. The van der Waals surface area contributed by atoms with Gasteiger partial charge in [0.2, 0.25) is 0 Å². The zero-order valence-electron chi connectivity index (χ0n) is 11.1. The van der Waals surface area contributed by atoms with Crippen molar-refractivity contribution in [3.05, 3.63) is 40.4 Å². The zero-order chi connectivity index (χ0) is 13.0. The van der Waals surface area contributed by atoms with Crippen LogP contribution in [0.5, 0.6) is 5.75 Å². The minimum Gasteiger partial charge on any atom is -0.496 e. The molecule has 0 heterocycles. The summed E-state index contributed by atoms with van der Waals surface area (Å²) < 4.78 is 5.50. The van der Waals surface area contributed by atoms with E-state index < -0.39 is 0 Å². The van der Waals surface area contributed by atoms with E-state index in [1.54, 1.807) is 7.11 Å². The van der Waals surface area contributed by atoms with Crippen LogP contribution in [-0.4, -0.2) is 7.11 Å². The van der Waals surface area contributed by atoms with Gasteiger partial charge in [-0.15, -0.1) is 6.58 Å². The van der Waals surface area contributed by atoms with Gasteiger partial charge >= 0.3 is 0 Å². The molecule has 0 aliphatic heterocycles. The molecule has 94 valence electrons. The summed E-state index contributed by atoms with van der Waals surface area (Å²) in [4.78, 5) is 0. The van der Waals surface area contributed by atoms with Crippen molar-refractivity contribution in [3.63, 3.8) is 0 Å². The molecule has 0 aliphatic rings. The van der Waals surface area contributed by atoms with Crippen LogP contribution >= 0.6 is 11.6 Å². The Labute approximate surface area is 109 Å². The summed E-state index contributed by atoms with van der Waals surface area (Å²) in [5.74, 6) is 1.37. The molecule has 1 atom stereocenters. The molecule has 0 aliphatic carbocycles. The fourth-order valence-electron chi connectivity index (χ4n) is 2.30. The van der Waals surface area contributed by atoms with Gasteiger partial charge in [-0.05, 0) is 49.8 Å². The van der Waals surface area contributed by atoms with Crippen molar-refractivity contribution in [2.45, 2.75) is 39.5 Å². The van der Waals surface area contributed by atoms with E-state index in [0.717, 1.165) is 34.7 Å². The molecule has 1 rings (SSSR count). The van der Waals surface area contributed by atoms with Crippen molar-refractivity contribution in [2.24, 2.45) is 0 Å². The largest absolute Gasteiger partial charge is 0.496 e. The number of aryl methyl sites for hydroxylation is 1. The molecule has 1 unspecified atom stereocenters. The van der Waals surface area contributed by atoms with E-state index in [1.165, 1.54) is 5.56 Å². The van der Waals surface area contributed by atoms with E-state index in [-0.39, 0.29) is 0 Å². The normalized spacial score (nSPS) is 12.3. The lowest BCUT2D eigenvalue weighted by Crippen LogP contribution is -2.04. The number of methoxy groups -OCH3 is 1. The van der Waals surface area contributed by atoms with E-state index in [9.17, 15) is 0 Å². The first-order valence-electron chi connectivity index (χ1n) is 6.01. The lowest BCUT2D eigenvalue weighted by molar-refractivity contribution is 0.403. The van der Waals surface area contributed by atoms with E-state index in [0.29, 0.717) is 5.92 Å². The quantitative estimate of drug-likeness (QED) is 0.668. The van der Waals surface area contributed by atoms with Crippen molar-refractivity contribution < 1.29 is 4.74 Å². The summed E-state index contributed by atoms with van der Waals surface area (Å²) >= 11 is 6.33. The van der Waals surface area contributed by atoms with Gasteiger partial charge in [0, 0.05) is 10.6 Å². The lowest BCUT2D eigenvalue weighted by Gasteiger charge is -2.21. The summed E-state index contributed by atoms with van der Waals surface area (Å²) in [6, 6.07) is 2.02. The standard InChI is InChI=1S/C15H21ClO/c1-6-8-12(7-2)14-11(4)15(16)10(3)9-13(14)17-5/h6,9,12H,1,7-8H2,2-5H3. The first-order chi connectivity index (χ1) is 8.06. The van der Waals surface area contributed by atoms with Crippen molar-refractivity contribution in [1.29, 1.82) is 0 Å². The van der Waals surface area contributed by atoms with Crippen LogP contribution in [0.15, 0.2) is 18.7 Å². The summed E-state index contributed by atoms with van der Waals surface area (Å²) in [5, 5.41) is 0.850. The van der Waals surface area contributed by atoms with Crippen LogP contribution in [0.25, 0.3) is 0 Å². The molecule has 0 fully saturated rings. The molecule has 1 nitrogen and oxygen atoms in total. The van der Waals surface area contributed by atoms with Crippen LogP contribution < -0.4 is 4.74 Å². The number of benzene rings is 1. The maximum Gasteiger partial charge on any atom is 0.122 e. The van der Waals surface area contributed by atoms with Crippen molar-refractivity contribution >= 4 is 11.6 Å². The molecule has 0 aromatic heterocycles. The molecule has 0 N–H and O–H groups in total. The van der Waals surface area contributed by atoms with Crippen LogP contribution in [0, 0.1) is 13.8 Å². The molecule has 0 bridgehead atoms. The van der Waals surface area contributed by atoms with Crippen LogP contribution in [-0.2, 0) is 0 Å². The highest BCUT2D eigenvalue weighted by atomic mass is 35.5. The van der Waals surface area contributed by atoms with Crippen LogP contribution in [0.2, 0.25) is 5.02 Å². The SMILES string of the molecule is C=CCC(CC)c1c(OC)cc(C)c(Cl)c1C. The third-order valence-electron chi connectivity index (χ3n) is 3.26. The third-order valence-corrected chi connectivity index (χ3v) is 3.85. The second kappa shape index (κ2) is 6.11. The number of halogens is 1. The van der Waals surface area contributed by atoms with E-state index in [1.807, 2.05) is 19.1 Å². The first-order valence-corrected chi connectivity index (χ1v) is 6.39. The fourth-order valence-corrected chi connectivity index (χ4v) is 2.46. The highest BCUT2D eigenvalue weighted by Gasteiger charge is 2.19. The van der Waals surface area contributed by atoms with Gasteiger partial charge in [-0.2, -0.15) is 0 Å². The molecule has 1 aromatic carbocycles. The Kier molecular flexibility index (Phi) is 5.07. The van der Waals surface area contributed by atoms with Gasteiger partial charge in [0.1, 0.15) is 5.75 Å². The molecule has 0 spiro atoms. The average Bonchev–Trinajstić information content (AvgIpc) is 2.33. The van der Waals surface area contributed by atoms with Crippen LogP contribution in [0.3, 0.4) is 0 Å². The minimum atomic E-state index is 0.431. The topological polar surface area (TPSA) is 9.23 Å². The first kappa shape index (κ1) is 14.1. The van der Waals surface area contributed by atoms with Gasteiger partial charge in [0.15, 0.2) is 0 Å². The number of hydrogen-bond donors (Lipinski definition) is 0. The molecular weight excluding hydrogens is 232 g/mol. The van der Waals surface area contributed by atoms with Gasteiger partial charge in [-0.25, -0.2) is 0 Å². The predicted molar refractivity (Wildman–Crippen MR) is 75.3 cm³/mol. The van der Waals surface area contributed by atoms with Crippen molar-refractivity contribution in [2.75, 3.05) is 7.11 Å². The molecule has 0 radical (unpaired) electrons. The van der Waals surface area contributed by atoms with Gasteiger partial charge in [0.05, 0.1) is 7.11 Å². The molecule has 0 saturated carbocycles. The smallest absolute Gasteiger partial charge is 0.122 e. The van der Waals surface area contributed by atoms with Gasteiger partial charge < -0.3 is 4.74 Å². The molecule has 1 aromatic rings. The monoisotopic (exact) mass is 252 g/mol. The second-order valence-electron chi connectivity index (χ2n) is 4.38. The Morgan fingerprint density at radius 1 is 1.47 bits per heavy atom. The Morgan fingerprint density at radius 3 is 2.59 bits per heavy atom. The number of ether oxygens (including phenoxy) is 1. The molecule has 0 amide bonds. The molecule has 2 heteroatoms. The molecular formula is C15H21ClO. The predicted octanol–water partition coefficient (Wildman–Crippen LogP) is 5.04. The Morgan fingerprint density at radius 2 is 2.12 bits per heavy atom. The van der Waals surface area contributed by atoms with Crippen molar-refractivity contribution in [1.82, 2.24) is 0 Å². The van der Waals surface area contributed by atoms with Crippen LogP contribution in [0.4, 0.5) is 0 Å². The van der Waals surface area contributed by atoms with E-state index >= 15 is 0 Å². The number of hydrogen-bond acceptors (Lipinski definition) is 1. The fraction of sp³-hybridized carbons (Fsp3) is 0.467. The van der Waals surface area contributed by atoms with E-state index in [4.69, 9.17) is 16.3 Å². The lowest BCUT2D eigenvalue weighted by atomic mass is 9.88. The summed E-state index contributed by atoms with van der Waals surface area (Å²) in [6.07, 6.45) is 3.97. The Hall–Kier alpha value is -0.950. The number of allylic oxidation sites excluding steroid dienone is 1. The highest BCUT2D eigenvalue weighted by Crippen LogP contribution is 2.39. The van der Waals surface area contributed by atoms with Gasteiger partial charge in [-0.1, -0.05) is 24.6 Å². The number of rotatable bonds is 5. The third kappa shape index (κ3) is 2.84. The maximum atomic E-state index is 6.33. The summed E-state index contributed by atoms with van der Waals surface area (Å²) in [5.41, 5.74) is 3.43. The van der Waals surface area contributed by atoms with Gasteiger partial charge in [-0.3, -0.25) is 0 Å². The Balaban J connectivity index is 3.37. The van der Waals surface area contributed by atoms with Gasteiger partial charge in [0.25, 0.3) is 0 Å². The highest BCUT2D eigenvalue weighted by molar-refractivity contribution is 6.32. The zero-order valence-corrected chi connectivity index (χ0v) is 11.9. The second-order valence-corrected chi connectivity index (χ2v) is 4.76.